The van der Waals surface area contributed by atoms with E-state index in [-0.39, 0.29) is 5.41 Å². The van der Waals surface area contributed by atoms with Gasteiger partial charge in [-0.25, -0.2) is 0 Å². The lowest BCUT2D eigenvalue weighted by Gasteiger charge is -2.37. The molecule has 1 aliphatic carbocycles. The second-order valence-electron chi connectivity index (χ2n) is 18.1. The Morgan fingerprint density at radius 3 is 1.41 bits per heavy atom. The molecule has 0 radical (unpaired) electrons. The maximum Gasteiger partial charge on any atom is 0.0546 e. The van der Waals surface area contributed by atoms with Crippen molar-refractivity contribution in [2.45, 2.75) is 32.1 Å². The van der Waals surface area contributed by atoms with E-state index in [1.165, 1.54) is 98.3 Å². The molecule has 0 amide bonds. The van der Waals surface area contributed by atoms with Crippen LogP contribution in [0.2, 0.25) is 0 Å². The lowest BCUT2D eigenvalue weighted by atomic mass is 9.70. The van der Waals surface area contributed by atoms with Crippen LogP contribution in [0, 0.1) is 0 Å². The maximum atomic E-state index is 2.58. The summed E-state index contributed by atoms with van der Waals surface area (Å²) in [6, 6.07) is 76.9. The molecule has 0 heterocycles. The molecule has 298 valence electrons. The van der Waals surface area contributed by atoms with Gasteiger partial charge in [0.1, 0.15) is 0 Å². The van der Waals surface area contributed by atoms with Crippen LogP contribution in [0.15, 0.2) is 206 Å². The molecule has 63 heavy (non-hydrogen) atoms. The molecule has 1 aliphatic rings. The minimum atomic E-state index is -0.0216. The molecule has 2 heteroatoms. The molecule has 0 atom stereocenters. The normalized spacial score (nSPS) is 13.6. The van der Waals surface area contributed by atoms with Gasteiger partial charge in [-0.1, -0.05) is 153 Å². The highest BCUT2D eigenvalue weighted by Gasteiger charge is 2.34. The first-order valence-corrected chi connectivity index (χ1v) is 22.3. The molecule has 0 spiro atoms. The predicted octanol–water partition coefficient (Wildman–Crippen LogP) is 17.3. The minimum absolute atomic E-state index is 0.0216. The van der Waals surface area contributed by atoms with Crippen molar-refractivity contribution >= 4 is 98.8 Å². The van der Waals surface area contributed by atoms with Gasteiger partial charge in [0, 0.05) is 44.3 Å². The van der Waals surface area contributed by atoms with Gasteiger partial charge in [-0.2, -0.15) is 0 Å². The van der Waals surface area contributed by atoms with Gasteiger partial charge in [0.25, 0.3) is 0 Å². The van der Waals surface area contributed by atoms with Gasteiger partial charge in [-0.3, -0.25) is 0 Å². The molecule has 2 nitrogen and oxygen atoms in total. The quantitative estimate of drug-likeness (QED) is 0.148. The van der Waals surface area contributed by atoms with Gasteiger partial charge in [-0.05, 0) is 150 Å². The molecule has 12 aromatic carbocycles. The third-order valence-corrected chi connectivity index (χ3v) is 14.1. The fourth-order valence-corrected chi connectivity index (χ4v) is 11.2. The number of hydrogen-bond donors (Lipinski definition) is 0. The summed E-state index contributed by atoms with van der Waals surface area (Å²) in [7, 11) is 0. The summed E-state index contributed by atoms with van der Waals surface area (Å²) in [5.74, 6) is 0. The highest BCUT2D eigenvalue weighted by atomic mass is 15.1. The maximum absolute atomic E-state index is 2.58. The number of anilines is 6. The van der Waals surface area contributed by atoms with E-state index in [9.17, 15) is 0 Å². The Bertz CT molecular complexity index is 3590. The van der Waals surface area contributed by atoms with Crippen LogP contribution < -0.4 is 9.80 Å². The van der Waals surface area contributed by atoms with Gasteiger partial charge < -0.3 is 9.80 Å². The summed E-state index contributed by atoms with van der Waals surface area (Å²) < 4.78 is 0. The molecule has 0 aromatic heterocycles. The fraction of sp³-hybridized carbons (Fsp3) is 0.0820. The molecule has 0 aliphatic heterocycles. The average molecular weight is 805 g/mol. The van der Waals surface area contributed by atoms with E-state index >= 15 is 0 Å². The van der Waals surface area contributed by atoms with E-state index in [2.05, 4.69) is 230 Å². The molecule has 0 unspecified atom stereocenters. The van der Waals surface area contributed by atoms with Crippen molar-refractivity contribution in [1.82, 2.24) is 0 Å². The molecule has 0 fully saturated rings. The van der Waals surface area contributed by atoms with Crippen molar-refractivity contribution in [3.63, 3.8) is 0 Å². The lowest BCUT2D eigenvalue weighted by molar-refractivity contribution is 0.475. The standard InChI is InChI=1S/C61H44N2/c1-61(2)35-34-42-36-54(62(43-18-7-3-8-19-43)44-20-9-4-10-21-44)50-33-32-49-51(47-30-28-41-27-26-39-16-15-17-40-29-31-48(47)57(41)56(39)40)38-55(52-37-53(61)58(42)60(50)59(49)52)63(45-22-11-5-12-23-45)46-24-13-6-14-25-46/h3-33,36-38H,34-35H2,1-2H3. The minimum Gasteiger partial charge on any atom is -0.310 e. The van der Waals surface area contributed by atoms with Crippen molar-refractivity contribution in [2.24, 2.45) is 0 Å². The highest BCUT2D eigenvalue weighted by Crippen LogP contribution is 2.55. The highest BCUT2D eigenvalue weighted by molar-refractivity contribution is 6.33. The summed E-state index contributed by atoms with van der Waals surface area (Å²) >= 11 is 0. The Kier molecular flexibility index (Phi) is 7.81. The molecular weight excluding hydrogens is 761 g/mol. The number of nitrogens with zero attached hydrogens (tertiary/aromatic N) is 2. The topological polar surface area (TPSA) is 6.48 Å². The summed E-state index contributed by atoms with van der Waals surface area (Å²) in [5, 5.41) is 15.7. The molecule has 13 rings (SSSR count). The SMILES string of the molecule is CC1(C)CCc2cc(N(c3ccccc3)c3ccccc3)c3ccc4c(-c5ccc6ccc7cccc8ccc5c6c78)cc(N(c5ccccc5)c5ccccc5)c5cc1c2c3c45. The van der Waals surface area contributed by atoms with Crippen LogP contribution in [-0.2, 0) is 11.8 Å². The Hall–Kier alpha value is -7.68. The van der Waals surface area contributed by atoms with Crippen LogP contribution in [-0.4, -0.2) is 0 Å². The zero-order chi connectivity index (χ0) is 41.8. The first-order chi connectivity index (χ1) is 31.0. The van der Waals surface area contributed by atoms with Crippen molar-refractivity contribution in [3.8, 4) is 11.1 Å². The first-order valence-electron chi connectivity index (χ1n) is 22.3. The molecular formula is C61H44N2. The average Bonchev–Trinajstić information content (AvgIpc) is 3.33. The number of para-hydroxylation sites is 4. The number of hydrogen-bond acceptors (Lipinski definition) is 2. The smallest absolute Gasteiger partial charge is 0.0546 e. The first kappa shape index (κ1) is 36.0. The fourth-order valence-electron chi connectivity index (χ4n) is 11.2. The van der Waals surface area contributed by atoms with E-state index in [4.69, 9.17) is 0 Å². The summed E-state index contributed by atoms with van der Waals surface area (Å²) in [4.78, 5) is 4.97. The van der Waals surface area contributed by atoms with Crippen molar-refractivity contribution in [2.75, 3.05) is 9.80 Å². The zero-order valence-corrected chi connectivity index (χ0v) is 35.4. The summed E-state index contributed by atoms with van der Waals surface area (Å²) in [6.07, 6.45) is 2.10. The zero-order valence-electron chi connectivity index (χ0n) is 35.4. The van der Waals surface area contributed by atoms with Gasteiger partial charge >= 0.3 is 0 Å². The third-order valence-electron chi connectivity index (χ3n) is 14.1. The lowest BCUT2D eigenvalue weighted by Crippen LogP contribution is -2.24. The molecule has 0 bridgehead atoms. The van der Waals surface area contributed by atoms with Crippen molar-refractivity contribution in [3.05, 3.63) is 217 Å². The third kappa shape index (κ3) is 5.38. The van der Waals surface area contributed by atoms with Gasteiger partial charge in [0.05, 0.1) is 11.4 Å². The van der Waals surface area contributed by atoms with Gasteiger partial charge in [-0.15, -0.1) is 0 Å². The summed E-state index contributed by atoms with van der Waals surface area (Å²) in [5.41, 5.74) is 12.3. The monoisotopic (exact) mass is 804 g/mol. The number of rotatable bonds is 7. The predicted molar refractivity (Wildman–Crippen MR) is 270 cm³/mol. The molecule has 0 N–H and O–H groups in total. The Labute approximate surface area is 367 Å². The molecule has 0 saturated heterocycles. The van der Waals surface area contributed by atoms with Gasteiger partial charge in [0.2, 0.25) is 0 Å². The molecule has 12 aromatic rings. The van der Waals surface area contributed by atoms with E-state index < -0.39 is 0 Å². The summed E-state index contributed by atoms with van der Waals surface area (Å²) in [6.45, 7) is 4.91. The Morgan fingerprint density at radius 2 is 0.825 bits per heavy atom. The van der Waals surface area contributed by atoms with Crippen molar-refractivity contribution in [1.29, 1.82) is 0 Å². The van der Waals surface area contributed by atoms with Crippen LogP contribution in [0.25, 0.3) is 75.8 Å². The number of aryl methyl sites for hydroxylation is 1. The van der Waals surface area contributed by atoms with E-state index in [1.54, 1.807) is 0 Å². The molecule has 0 saturated carbocycles. The van der Waals surface area contributed by atoms with E-state index in [0.717, 1.165) is 35.6 Å². The van der Waals surface area contributed by atoms with Crippen LogP contribution in [0.3, 0.4) is 0 Å². The second-order valence-corrected chi connectivity index (χ2v) is 18.1. The van der Waals surface area contributed by atoms with E-state index in [0.29, 0.717) is 0 Å². The second kappa shape index (κ2) is 13.7. The number of benzene rings is 12. The Morgan fingerprint density at radius 1 is 0.349 bits per heavy atom. The van der Waals surface area contributed by atoms with Crippen LogP contribution in [0.1, 0.15) is 31.4 Å². The Balaban J connectivity index is 1.23. The largest absolute Gasteiger partial charge is 0.310 e. The van der Waals surface area contributed by atoms with E-state index in [1.807, 2.05) is 0 Å². The van der Waals surface area contributed by atoms with Crippen LogP contribution >= 0.6 is 0 Å². The van der Waals surface area contributed by atoms with Crippen LogP contribution in [0.4, 0.5) is 34.1 Å². The van der Waals surface area contributed by atoms with Crippen molar-refractivity contribution < 1.29 is 0 Å². The van der Waals surface area contributed by atoms with Crippen LogP contribution in [0.5, 0.6) is 0 Å². The van der Waals surface area contributed by atoms with Gasteiger partial charge in [0.15, 0.2) is 0 Å².